The molecule has 7 heteroatoms. The Labute approximate surface area is 173 Å². The summed E-state index contributed by atoms with van der Waals surface area (Å²) in [5.74, 6) is 2.18. The lowest BCUT2D eigenvalue weighted by Crippen LogP contribution is -2.35. The van der Waals surface area contributed by atoms with Crippen LogP contribution in [-0.4, -0.2) is 59.8 Å². The van der Waals surface area contributed by atoms with Crippen molar-refractivity contribution < 1.29 is 5.11 Å². The number of hydrogen-bond donors (Lipinski definition) is 1. The van der Waals surface area contributed by atoms with Gasteiger partial charge in [-0.3, -0.25) is 0 Å². The van der Waals surface area contributed by atoms with Gasteiger partial charge in [0.05, 0.1) is 12.6 Å². The number of piperidine rings is 2. The number of aliphatic hydroxyl groups is 1. The largest absolute Gasteiger partial charge is 0.387 e. The minimum Gasteiger partial charge on any atom is -0.387 e. The highest BCUT2D eigenvalue weighted by atomic mass is 16.3. The lowest BCUT2D eigenvalue weighted by Gasteiger charge is -2.31. The van der Waals surface area contributed by atoms with E-state index in [0.29, 0.717) is 12.5 Å². The lowest BCUT2D eigenvalue weighted by atomic mass is 10.1. The summed E-state index contributed by atoms with van der Waals surface area (Å²) in [6, 6.07) is 9.75. The van der Waals surface area contributed by atoms with Gasteiger partial charge < -0.3 is 19.8 Å². The second-order valence-corrected chi connectivity index (χ2v) is 8.14. The summed E-state index contributed by atoms with van der Waals surface area (Å²) < 4.78 is 0. The first kappa shape index (κ1) is 19.9. The molecule has 1 unspecified atom stereocenters. The molecule has 1 aromatic carbocycles. The maximum Gasteiger partial charge on any atom is 0.231 e. The molecule has 4 rings (SSSR count). The Morgan fingerprint density at radius 2 is 1.34 bits per heavy atom. The third kappa shape index (κ3) is 4.96. The molecule has 156 valence electrons. The standard InChI is InChI=1S/C22H32N6O/c1-26(17-19(29)18-11-5-2-6-12-18)20-23-21(27-13-7-3-8-14-27)25-22(24-20)28-15-9-4-10-16-28/h2,5-6,11-12,19,29H,3-4,7-10,13-17H2,1H3. The van der Waals surface area contributed by atoms with E-state index in [9.17, 15) is 5.11 Å². The number of benzene rings is 1. The van der Waals surface area contributed by atoms with E-state index in [0.717, 1.165) is 43.6 Å². The van der Waals surface area contributed by atoms with Gasteiger partial charge in [-0.15, -0.1) is 0 Å². The molecule has 2 saturated heterocycles. The Bertz CT molecular complexity index is 738. The number of aliphatic hydroxyl groups excluding tert-OH is 1. The Balaban J connectivity index is 1.58. The van der Waals surface area contributed by atoms with Crippen molar-refractivity contribution in [3.63, 3.8) is 0 Å². The highest BCUT2D eigenvalue weighted by Crippen LogP contribution is 2.24. The monoisotopic (exact) mass is 396 g/mol. The zero-order chi connectivity index (χ0) is 20.1. The van der Waals surface area contributed by atoms with Crippen LogP contribution in [0.5, 0.6) is 0 Å². The van der Waals surface area contributed by atoms with E-state index >= 15 is 0 Å². The average Bonchev–Trinajstić information content (AvgIpc) is 2.80. The van der Waals surface area contributed by atoms with Crippen molar-refractivity contribution >= 4 is 17.8 Å². The van der Waals surface area contributed by atoms with Gasteiger partial charge in [0.1, 0.15) is 0 Å². The number of aromatic nitrogens is 3. The van der Waals surface area contributed by atoms with Crippen LogP contribution in [0.4, 0.5) is 17.8 Å². The first-order chi connectivity index (χ1) is 14.2. The van der Waals surface area contributed by atoms with Crippen LogP contribution in [-0.2, 0) is 0 Å². The Kier molecular flexibility index (Phi) is 6.44. The van der Waals surface area contributed by atoms with Gasteiger partial charge in [0.25, 0.3) is 0 Å². The van der Waals surface area contributed by atoms with Gasteiger partial charge in [-0.1, -0.05) is 30.3 Å². The van der Waals surface area contributed by atoms with Crippen molar-refractivity contribution in [1.82, 2.24) is 15.0 Å². The molecule has 0 bridgehead atoms. The molecule has 1 N–H and O–H groups in total. The molecule has 7 nitrogen and oxygen atoms in total. The second-order valence-electron chi connectivity index (χ2n) is 8.14. The van der Waals surface area contributed by atoms with Gasteiger partial charge in [-0.05, 0) is 44.1 Å². The van der Waals surface area contributed by atoms with Crippen LogP contribution in [0, 0.1) is 0 Å². The predicted molar refractivity (Wildman–Crippen MR) is 117 cm³/mol. The smallest absolute Gasteiger partial charge is 0.231 e. The van der Waals surface area contributed by atoms with Crippen LogP contribution in [0.15, 0.2) is 30.3 Å². The molecular weight excluding hydrogens is 364 g/mol. The molecule has 3 heterocycles. The van der Waals surface area contributed by atoms with Crippen molar-refractivity contribution in [3.8, 4) is 0 Å². The van der Waals surface area contributed by atoms with Crippen LogP contribution in [0.2, 0.25) is 0 Å². The van der Waals surface area contributed by atoms with Crippen molar-refractivity contribution in [2.24, 2.45) is 0 Å². The molecular formula is C22H32N6O. The van der Waals surface area contributed by atoms with E-state index < -0.39 is 6.10 Å². The normalized spacial score (nSPS) is 18.6. The minimum atomic E-state index is -0.588. The van der Waals surface area contributed by atoms with Crippen LogP contribution < -0.4 is 14.7 Å². The molecule has 2 fully saturated rings. The van der Waals surface area contributed by atoms with E-state index in [-0.39, 0.29) is 0 Å². The van der Waals surface area contributed by atoms with E-state index in [1.165, 1.54) is 38.5 Å². The molecule has 0 aliphatic carbocycles. The van der Waals surface area contributed by atoms with E-state index in [1.807, 2.05) is 42.3 Å². The Morgan fingerprint density at radius 3 is 1.86 bits per heavy atom. The molecule has 29 heavy (non-hydrogen) atoms. The fourth-order valence-corrected chi connectivity index (χ4v) is 4.11. The van der Waals surface area contributed by atoms with Crippen LogP contribution in [0.3, 0.4) is 0 Å². The SMILES string of the molecule is CN(CC(O)c1ccccc1)c1nc(N2CCCCC2)nc(N2CCCCC2)n1. The average molecular weight is 397 g/mol. The summed E-state index contributed by atoms with van der Waals surface area (Å²) in [5, 5.41) is 10.7. The maximum absolute atomic E-state index is 10.7. The van der Waals surface area contributed by atoms with Gasteiger partial charge >= 0.3 is 0 Å². The molecule has 1 atom stereocenters. The van der Waals surface area contributed by atoms with Gasteiger partial charge in [0, 0.05) is 33.2 Å². The molecule has 0 amide bonds. The van der Waals surface area contributed by atoms with Crippen LogP contribution in [0.1, 0.15) is 50.2 Å². The van der Waals surface area contributed by atoms with E-state index in [1.54, 1.807) is 0 Å². The van der Waals surface area contributed by atoms with E-state index in [2.05, 4.69) is 9.80 Å². The summed E-state index contributed by atoms with van der Waals surface area (Å²) in [4.78, 5) is 20.9. The minimum absolute atomic E-state index is 0.437. The second kappa shape index (κ2) is 9.39. The van der Waals surface area contributed by atoms with Crippen LogP contribution >= 0.6 is 0 Å². The van der Waals surface area contributed by atoms with Crippen molar-refractivity contribution in [1.29, 1.82) is 0 Å². The summed E-state index contributed by atoms with van der Waals surface area (Å²) in [6.07, 6.45) is 6.69. The lowest BCUT2D eigenvalue weighted by molar-refractivity contribution is 0.184. The number of likely N-dealkylation sites (N-methyl/N-ethyl adjacent to an activating group) is 1. The third-order valence-electron chi connectivity index (χ3n) is 5.85. The van der Waals surface area contributed by atoms with Crippen molar-refractivity contribution in [3.05, 3.63) is 35.9 Å². The Hall–Kier alpha value is -2.41. The first-order valence-corrected chi connectivity index (χ1v) is 10.9. The molecule has 0 spiro atoms. The van der Waals surface area contributed by atoms with Gasteiger partial charge in [0.2, 0.25) is 17.8 Å². The summed E-state index contributed by atoms with van der Waals surface area (Å²) in [5.41, 5.74) is 0.904. The molecule has 2 aliphatic heterocycles. The van der Waals surface area contributed by atoms with Gasteiger partial charge in [-0.2, -0.15) is 15.0 Å². The number of anilines is 3. The topological polar surface area (TPSA) is 68.6 Å². The van der Waals surface area contributed by atoms with Crippen molar-refractivity contribution in [2.45, 2.75) is 44.6 Å². The fraction of sp³-hybridized carbons (Fsp3) is 0.591. The number of rotatable bonds is 6. The molecule has 1 aromatic heterocycles. The predicted octanol–water partition coefficient (Wildman–Crippen LogP) is 3.02. The first-order valence-electron chi connectivity index (χ1n) is 10.9. The highest BCUT2D eigenvalue weighted by molar-refractivity contribution is 5.47. The Morgan fingerprint density at radius 1 is 0.828 bits per heavy atom. The third-order valence-corrected chi connectivity index (χ3v) is 5.85. The molecule has 0 saturated carbocycles. The number of hydrogen-bond acceptors (Lipinski definition) is 7. The number of nitrogens with zero attached hydrogens (tertiary/aromatic N) is 6. The molecule has 2 aromatic rings. The molecule has 0 radical (unpaired) electrons. The zero-order valence-corrected chi connectivity index (χ0v) is 17.4. The van der Waals surface area contributed by atoms with E-state index in [4.69, 9.17) is 15.0 Å². The zero-order valence-electron chi connectivity index (χ0n) is 17.4. The van der Waals surface area contributed by atoms with Gasteiger partial charge in [-0.25, -0.2) is 0 Å². The molecule has 2 aliphatic rings. The fourth-order valence-electron chi connectivity index (χ4n) is 4.11. The summed E-state index contributed by atoms with van der Waals surface area (Å²) >= 11 is 0. The van der Waals surface area contributed by atoms with Crippen molar-refractivity contribution in [2.75, 3.05) is 54.5 Å². The summed E-state index contributed by atoms with van der Waals surface area (Å²) in [6.45, 7) is 4.43. The van der Waals surface area contributed by atoms with Gasteiger partial charge in [0.15, 0.2) is 0 Å². The maximum atomic E-state index is 10.7. The quantitative estimate of drug-likeness (QED) is 0.805. The summed E-state index contributed by atoms with van der Waals surface area (Å²) in [7, 11) is 1.95. The highest BCUT2D eigenvalue weighted by Gasteiger charge is 2.22. The van der Waals surface area contributed by atoms with Crippen LogP contribution in [0.25, 0.3) is 0 Å².